The molecule has 0 aliphatic rings. The number of anilines is 1. The van der Waals surface area contributed by atoms with Crippen molar-refractivity contribution in [1.82, 2.24) is 10.3 Å². The van der Waals surface area contributed by atoms with Crippen LogP contribution in [-0.2, 0) is 6.54 Å². The highest BCUT2D eigenvalue weighted by Gasteiger charge is 2.12. The third-order valence-corrected chi connectivity index (χ3v) is 3.86. The Morgan fingerprint density at radius 3 is 2.45 bits per heavy atom. The predicted molar refractivity (Wildman–Crippen MR) is 88.2 cm³/mol. The third kappa shape index (κ3) is 5.49. The van der Waals surface area contributed by atoms with Crippen LogP contribution in [0.1, 0.15) is 53.0 Å². The summed E-state index contributed by atoms with van der Waals surface area (Å²) in [5, 5.41) is 3.46. The molecule has 0 amide bonds. The highest BCUT2D eigenvalue weighted by Crippen LogP contribution is 2.17. The molecule has 3 heteroatoms. The molecule has 3 nitrogen and oxygen atoms in total. The van der Waals surface area contributed by atoms with Crippen LogP contribution >= 0.6 is 0 Å². The van der Waals surface area contributed by atoms with E-state index in [2.05, 4.69) is 62.0 Å². The molecule has 1 heterocycles. The van der Waals surface area contributed by atoms with E-state index in [9.17, 15) is 0 Å². The van der Waals surface area contributed by atoms with E-state index in [4.69, 9.17) is 0 Å². The van der Waals surface area contributed by atoms with E-state index in [-0.39, 0.29) is 0 Å². The molecule has 0 spiro atoms. The molecule has 0 fully saturated rings. The van der Waals surface area contributed by atoms with Crippen molar-refractivity contribution in [3.8, 4) is 0 Å². The third-order valence-electron chi connectivity index (χ3n) is 3.86. The number of nitrogens with one attached hydrogen (secondary N) is 1. The molecule has 114 valence electrons. The molecule has 20 heavy (non-hydrogen) atoms. The Morgan fingerprint density at radius 2 is 1.90 bits per heavy atom. The van der Waals surface area contributed by atoms with Crippen LogP contribution in [0.4, 0.5) is 5.82 Å². The Balaban J connectivity index is 2.74. The van der Waals surface area contributed by atoms with Gasteiger partial charge in [-0.2, -0.15) is 0 Å². The van der Waals surface area contributed by atoms with E-state index in [1.54, 1.807) is 0 Å². The lowest BCUT2D eigenvalue weighted by Crippen LogP contribution is -2.30. The van der Waals surface area contributed by atoms with Crippen molar-refractivity contribution in [2.45, 2.75) is 60.0 Å². The summed E-state index contributed by atoms with van der Waals surface area (Å²) >= 11 is 0. The number of hydrogen-bond donors (Lipinski definition) is 1. The zero-order valence-electron chi connectivity index (χ0n) is 13.8. The van der Waals surface area contributed by atoms with E-state index in [0.29, 0.717) is 6.04 Å². The van der Waals surface area contributed by atoms with Gasteiger partial charge < -0.3 is 10.2 Å². The van der Waals surface area contributed by atoms with Gasteiger partial charge in [-0.25, -0.2) is 4.98 Å². The maximum atomic E-state index is 4.56. The monoisotopic (exact) mass is 277 g/mol. The topological polar surface area (TPSA) is 28.2 Å². The maximum absolute atomic E-state index is 4.56. The normalized spacial score (nSPS) is 11.3. The SMILES string of the molecule is CCC(CC)CN(CC)c1cc(CNC(C)C)ccn1. The molecule has 0 saturated carbocycles. The van der Waals surface area contributed by atoms with Crippen LogP contribution in [0.5, 0.6) is 0 Å². The largest absolute Gasteiger partial charge is 0.357 e. The first-order chi connectivity index (χ1) is 9.60. The molecule has 0 aliphatic carbocycles. The van der Waals surface area contributed by atoms with Crippen molar-refractivity contribution < 1.29 is 0 Å². The minimum atomic E-state index is 0.512. The molecule has 0 radical (unpaired) electrons. The van der Waals surface area contributed by atoms with Crippen LogP contribution in [-0.4, -0.2) is 24.1 Å². The smallest absolute Gasteiger partial charge is 0.128 e. The van der Waals surface area contributed by atoms with Crippen LogP contribution in [0, 0.1) is 5.92 Å². The molecular weight excluding hydrogens is 246 g/mol. The number of hydrogen-bond acceptors (Lipinski definition) is 3. The molecule has 0 aliphatic heterocycles. The average molecular weight is 277 g/mol. The van der Waals surface area contributed by atoms with Gasteiger partial charge >= 0.3 is 0 Å². The number of aromatic nitrogens is 1. The lowest BCUT2D eigenvalue weighted by atomic mass is 10.0. The van der Waals surface area contributed by atoms with Crippen LogP contribution in [0.3, 0.4) is 0 Å². The summed E-state index contributed by atoms with van der Waals surface area (Å²) in [4.78, 5) is 6.96. The summed E-state index contributed by atoms with van der Waals surface area (Å²) in [6.07, 6.45) is 4.41. The van der Waals surface area contributed by atoms with E-state index >= 15 is 0 Å². The standard InChI is InChI=1S/C17H31N3/c1-6-15(7-2)13-20(8-3)17-11-16(9-10-18-17)12-19-14(4)5/h9-11,14-15,19H,6-8,12-13H2,1-5H3. The minimum absolute atomic E-state index is 0.512. The molecule has 0 bridgehead atoms. The Bertz CT molecular complexity index is 372. The molecule has 1 N–H and O–H groups in total. The Labute approximate surface area is 124 Å². The summed E-state index contributed by atoms with van der Waals surface area (Å²) < 4.78 is 0. The van der Waals surface area contributed by atoms with Gasteiger partial charge in [-0.05, 0) is 30.5 Å². The lowest BCUT2D eigenvalue weighted by Gasteiger charge is -2.26. The summed E-state index contributed by atoms with van der Waals surface area (Å²) in [6, 6.07) is 4.84. The van der Waals surface area contributed by atoms with Crippen LogP contribution in [0.25, 0.3) is 0 Å². The van der Waals surface area contributed by atoms with Crippen LogP contribution in [0.15, 0.2) is 18.3 Å². The van der Waals surface area contributed by atoms with E-state index in [1.165, 1.54) is 18.4 Å². The first-order valence-electron chi connectivity index (χ1n) is 8.03. The Kier molecular flexibility index (Phi) is 7.60. The van der Waals surface area contributed by atoms with Gasteiger partial charge in [-0.3, -0.25) is 0 Å². The molecule has 1 rings (SSSR count). The van der Waals surface area contributed by atoms with Crippen molar-refractivity contribution in [2.24, 2.45) is 5.92 Å². The van der Waals surface area contributed by atoms with Gasteiger partial charge in [0.05, 0.1) is 0 Å². The van der Waals surface area contributed by atoms with Gasteiger partial charge in [0.25, 0.3) is 0 Å². The second-order valence-electron chi connectivity index (χ2n) is 5.78. The second-order valence-corrected chi connectivity index (χ2v) is 5.78. The molecular formula is C17H31N3. The molecule has 0 unspecified atom stereocenters. The predicted octanol–water partition coefficient (Wildman–Crippen LogP) is 3.84. The highest BCUT2D eigenvalue weighted by atomic mass is 15.2. The van der Waals surface area contributed by atoms with Crippen molar-refractivity contribution >= 4 is 5.82 Å². The lowest BCUT2D eigenvalue weighted by molar-refractivity contribution is 0.484. The Morgan fingerprint density at radius 1 is 1.20 bits per heavy atom. The van der Waals surface area contributed by atoms with Gasteiger partial charge in [0.2, 0.25) is 0 Å². The summed E-state index contributed by atoms with van der Waals surface area (Å²) in [5.74, 6) is 1.87. The fraction of sp³-hybridized carbons (Fsp3) is 0.706. The molecule has 1 aromatic rings. The summed E-state index contributed by atoms with van der Waals surface area (Å²) in [5.41, 5.74) is 1.31. The van der Waals surface area contributed by atoms with E-state index in [0.717, 1.165) is 31.4 Å². The van der Waals surface area contributed by atoms with Crippen LogP contribution < -0.4 is 10.2 Å². The number of pyridine rings is 1. The van der Waals surface area contributed by atoms with Gasteiger partial charge in [-0.15, -0.1) is 0 Å². The first kappa shape index (κ1) is 17.0. The van der Waals surface area contributed by atoms with Crippen molar-refractivity contribution in [3.63, 3.8) is 0 Å². The van der Waals surface area contributed by atoms with Gasteiger partial charge in [0.15, 0.2) is 0 Å². The van der Waals surface area contributed by atoms with Crippen molar-refractivity contribution in [3.05, 3.63) is 23.9 Å². The van der Waals surface area contributed by atoms with Crippen molar-refractivity contribution in [1.29, 1.82) is 0 Å². The molecule has 0 atom stereocenters. The number of nitrogens with zero attached hydrogens (tertiary/aromatic N) is 2. The van der Waals surface area contributed by atoms with Gasteiger partial charge in [0.1, 0.15) is 5.82 Å². The summed E-state index contributed by atoms with van der Waals surface area (Å²) in [7, 11) is 0. The fourth-order valence-electron chi connectivity index (χ4n) is 2.31. The second kappa shape index (κ2) is 8.96. The average Bonchev–Trinajstić information content (AvgIpc) is 2.47. The molecule has 1 aromatic heterocycles. The number of rotatable bonds is 9. The van der Waals surface area contributed by atoms with Crippen molar-refractivity contribution in [2.75, 3.05) is 18.0 Å². The van der Waals surface area contributed by atoms with Crippen LogP contribution in [0.2, 0.25) is 0 Å². The summed E-state index contributed by atoms with van der Waals surface area (Å²) in [6.45, 7) is 14.2. The Hall–Kier alpha value is -1.09. The first-order valence-corrected chi connectivity index (χ1v) is 8.03. The zero-order valence-corrected chi connectivity index (χ0v) is 13.8. The highest BCUT2D eigenvalue weighted by molar-refractivity contribution is 5.40. The quantitative estimate of drug-likeness (QED) is 0.743. The van der Waals surface area contributed by atoms with E-state index in [1.807, 2.05) is 6.20 Å². The van der Waals surface area contributed by atoms with Gasteiger partial charge in [0, 0.05) is 31.9 Å². The maximum Gasteiger partial charge on any atom is 0.128 e. The van der Waals surface area contributed by atoms with Gasteiger partial charge in [-0.1, -0.05) is 40.5 Å². The zero-order chi connectivity index (χ0) is 15.0. The minimum Gasteiger partial charge on any atom is -0.357 e. The molecule has 0 saturated heterocycles. The fourth-order valence-corrected chi connectivity index (χ4v) is 2.31. The van der Waals surface area contributed by atoms with E-state index < -0.39 is 0 Å². The molecule has 0 aromatic carbocycles.